The predicted octanol–water partition coefficient (Wildman–Crippen LogP) is -0.433. The minimum absolute atomic E-state index is 0.124. The number of ether oxygens (including phenoxy) is 2. The van der Waals surface area contributed by atoms with E-state index in [-0.39, 0.29) is 13.3 Å². The molecule has 0 aromatic heterocycles. The molecular weight excluding hydrogens is 176 g/mol. The van der Waals surface area contributed by atoms with Gasteiger partial charge in [-0.2, -0.15) is 0 Å². The number of rotatable bonds is 4. The van der Waals surface area contributed by atoms with Gasteiger partial charge in [0.2, 0.25) is 0 Å². The van der Waals surface area contributed by atoms with E-state index in [1.165, 1.54) is 0 Å². The maximum Gasteiger partial charge on any atom is 0.404 e. The molecule has 0 unspecified atom stereocenters. The van der Waals surface area contributed by atoms with E-state index in [1.807, 2.05) is 0 Å². The number of esters is 1. The van der Waals surface area contributed by atoms with Crippen molar-refractivity contribution in [2.75, 3.05) is 13.3 Å². The molecule has 0 atom stereocenters. The Labute approximate surface area is 76.2 Å². The fraction of sp³-hybridized carbons (Fsp3) is 0.714. The van der Waals surface area contributed by atoms with E-state index < -0.39 is 17.5 Å². The first-order valence-electron chi connectivity index (χ1n) is 3.69. The highest BCUT2D eigenvalue weighted by molar-refractivity contribution is 5.76. The molecule has 1 amide bonds. The molecule has 0 fully saturated rings. The van der Waals surface area contributed by atoms with Gasteiger partial charge >= 0.3 is 12.1 Å². The van der Waals surface area contributed by atoms with Gasteiger partial charge in [-0.05, 0) is 13.8 Å². The van der Waals surface area contributed by atoms with Crippen molar-refractivity contribution in [1.29, 1.82) is 0 Å². The van der Waals surface area contributed by atoms with Gasteiger partial charge in [0.05, 0.1) is 5.41 Å². The van der Waals surface area contributed by atoms with Gasteiger partial charge in [0.25, 0.3) is 0 Å². The Bertz CT molecular complexity index is 203. The van der Waals surface area contributed by atoms with Crippen LogP contribution in [-0.4, -0.2) is 25.4 Å². The van der Waals surface area contributed by atoms with Crippen LogP contribution < -0.4 is 11.5 Å². The first kappa shape index (κ1) is 11.7. The van der Waals surface area contributed by atoms with Crippen LogP contribution in [0.5, 0.6) is 0 Å². The highest BCUT2D eigenvalue weighted by Crippen LogP contribution is 2.17. The smallest absolute Gasteiger partial charge is 0.404 e. The maximum absolute atomic E-state index is 11.1. The third-order valence-electron chi connectivity index (χ3n) is 1.34. The van der Waals surface area contributed by atoms with Crippen molar-refractivity contribution in [2.45, 2.75) is 13.8 Å². The molecule has 0 saturated heterocycles. The van der Waals surface area contributed by atoms with Gasteiger partial charge in [-0.3, -0.25) is 10.5 Å². The van der Waals surface area contributed by atoms with Gasteiger partial charge in [0, 0.05) is 0 Å². The number of primary amides is 1. The van der Waals surface area contributed by atoms with Crippen molar-refractivity contribution >= 4 is 12.1 Å². The summed E-state index contributed by atoms with van der Waals surface area (Å²) in [5, 5.41) is 0. The molecule has 6 heteroatoms. The molecule has 13 heavy (non-hydrogen) atoms. The summed E-state index contributed by atoms with van der Waals surface area (Å²) in [4.78, 5) is 21.4. The minimum Gasteiger partial charge on any atom is -0.449 e. The molecular formula is C7H14N2O4. The van der Waals surface area contributed by atoms with E-state index in [0.29, 0.717) is 0 Å². The molecule has 0 aliphatic rings. The summed E-state index contributed by atoms with van der Waals surface area (Å²) in [6.07, 6.45) is -0.923. The van der Waals surface area contributed by atoms with E-state index in [4.69, 9.17) is 11.5 Å². The van der Waals surface area contributed by atoms with Gasteiger partial charge in [0.1, 0.15) is 13.3 Å². The van der Waals surface area contributed by atoms with E-state index in [2.05, 4.69) is 9.47 Å². The maximum atomic E-state index is 11.1. The second kappa shape index (κ2) is 4.66. The van der Waals surface area contributed by atoms with Crippen LogP contribution in [0, 0.1) is 5.41 Å². The van der Waals surface area contributed by atoms with Crippen LogP contribution in [-0.2, 0) is 14.3 Å². The number of hydrogen-bond donors (Lipinski definition) is 2. The van der Waals surface area contributed by atoms with E-state index >= 15 is 0 Å². The third kappa shape index (κ3) is 4.32. The standard InChI is InChI=1S/C7H14N2O4/c1-7(2,3-12-6(9)11)5(10)13-4-8/h3-4,8H2,1-2H3,(H2,9,11). The number of amides is 1. The van der Waals surface area contributed by atoms with Gasteiger partial charge in [0.15, 0.2) is 0 Å². The quantitative estimate of drug-likeness (QED) is 0.462. The highest BCUT2D eigenvalue weighted by atomic mass is 16.6. The highest BCUT2D eigenvalue weighted by Gasteiger charge is 2.30. The minimum atomic E-state index is -0.923. The van der Waals surface area contributed by atoms with Crippen LogP contribution in [0.15, 0.2) is 0 Å². The van der Waals surface area contributed by atoms with Crippen LogP contribution in [0.1, 0.15) is 13.8 Å². The van der Waals surface area contributed by atoms with Crippen molar-refractivity contribution in [3.8, 4) is 0 Å². The molecule has 0 aromatic rings. The van der Waals surface area contributed by atoms with E-state index in [0.717, 1.165) is 0 Å². The number of nitrogens with two attached hydrogens (primary N) is 2. The molecule has 0 aliphatic heterocycles. The third-order valence-corrected chi connectivity index (χ3v) is 1.34. The molecule has 76 valence electrons. The Morgan fingerprint density at radius 2 is 1.85 bits per heavy atom. The van der Waals surface area contributed by atoms with Gasteiger partial charge < -0.3 is 15.2 Å². The molecule has 0 radical (unpaired) electrons. The lowest BCUT2D eigenvalue weighted by Crippen LogP contribution is -2.34. The van der Waals surface area contributed by atoms with Crippen LogP contribution in [0.3, 0.4) is 0 Å². The second-order valence-electron chi connectivity index (χ2n) is 3.09. The zero-order chi connectivity index (χ0) is 10.5. The van der Waals surface area contributed by atoms with Crippen molar-refractivity contribution in [3.63, 3.8) is 0 Å². The Morgan fingerprint density at radius 3 is 2.23 bits per heavy atom. The van der Waals surface area contributed by atoms with Crippen molar-refractivity contribution in [2.24, 2.45) is 16.9 Å². The molecule has 0 bridgehead atoms. The molecule has 6 nitrogen and oxygen atoms in total. The lowest BCUT2D eigenvalue weighted by atomic mass is 9.95. The molecule has 0 saturated carbocycles. The monoisotopic (exact) mass is 190 g/mol. The zero-order valence-corrected chi connectivity index (χ0v) is 7.70. The normalized spacial score (nSPS) is 10.7. The van der Waals surface area contributed by atoms with Crippen LogP contribution in [0.4, 0.5) is 4.79 Å². The SMILES string of the molecule is CC(C)(COC(N)=O)C(=O)OCN. The molecule has 0 aromatic carbocycles. The fourth-order valence-corrected chi connectivity index (χ4v) is 0.582. The van der Waals surface area contributed by atoms with Gasteiger partial charge in [-0.1, -0.05) is 0 Å². The molecule has 0 heterocycles. The summed E-state index contributed by atoms with van der Waals surface area (Å²) in [7, 11) is 0. The molecule has 0 aliphatic carbocycles. The van der Waals surface area contributed by atoms with Gasteiger partial charge in [-0.25, -0.2) is 4.79 Å². The second-order valence-corrected chi connectivity index (χ2v) is 3.09. The summed E-state index contributed by atoms with van der Waals surface area (Å²) in [5.74, 6) is -0.531. The van der Waals surface area contributed by atoms with Crippen LogP contribution >= 0.6 is 0 Å². The van der Waals surface area contributed by atoms with Gasteiger partial charge in [-0.15, -0.1) is 0 Å². The zero-order valence-electron chi connectivity index (χ0n) is 7.70. The first-order chi connectivity index (χ1) is 5.90. The Balaban J connectivity index is 4.05. The largest absolute Gasteiger partial charge is 0.449 e. The summed E-state index contributed by atoms with van der Waals surface area (Å²) in [6, 6.07) is 0. The average Bonchev–Trinajstić information content (AvgIpc) is 2.01. The van der Waals surface area contributed by atoms with Crippen molar-refractivity contribution < 1.29 is 19.1 Å². The Morgan fingerprint density at radius 1 is 1.31 bits per heavy atom. The van der Waals surface area contributed by atoms with Crippen molar-refractivity contribution in [3.05, 3.63) is 0 Å². The fourth-order valence-electron chi connectivity index (χ4n) is 0.582. The van der Waals surface area contributed by atoms with Crippen molar-refractivity contribution in [1.82, 2.24) is 0 Å². The Kier molecular flexibility index (Phi) is 4.19. The summed E-state index contributed by atoms with van der Waals surface area (Å²) < 4.78 is 9.02. The topological polar surface area (TPSA) is 105 Å². The van der Waals surface area contributed by atoms with Crippen LogP contribution in [0.25, 0.3) is 0 Å². The summed E-state index contributed by atoms with van der Waals surface area (Å²) >= 11 is 0. The molecule has 0 spiro atoms. The lowest BCUT2D eigenvalue weighted by Gasteiger charge is -2.20. The van der Waals surface area contributed by atoms with E-state index in [1.54, 1.807) is 13.8 Å². The molecule has 4 N–H and O–H groups in total. The Hall–Kier alpha value is -1.30. The number of carbonyl (C=O) groups excluding carboxylic acids is 2. The number of hydrogen-bond acceptors (Lipinski definition) is 5. The average molecular weight is 190 g/mol. The summed E-state index contributed by atoms with van der Waals surface area (Å²) in [5.41, 5.74) is 8.82. The summed E-state index contributed by atoms with van der Waals surface area (Å²) in [6.45, 7) is 2.81. The van der Waals surface area contributed by atoms with E-state index in [9.17, 15) is 9.59 Å². The lowest BCUT2D eigenvalue weighted by molar-refractivity contribution is -0.155. The molecule has 0 rings (SSSR count). The predicted molar refractivity (Wildman–Crippen MR) is 44.5 cm³/mol. The first-order valence-corrected chi connectivity index (χ1v) is 3.69. The van der Waals surface area contributed by atoms with Crippen LogP contribution in [0.2, 0.25) is 0 Å². The number of carbonyl (C=O) groups is 2.